The quantitative estimate of drug-likeness (QED) is 0.362. The maximum Gasteiger partial charge on any atom is 0.332 e. The highest BCUT2D eigenvalue weighted by Crippen LogP contribution is 2.33. The van der Waals surface area contributed by atoms with Gasteiger partial charge >= 0.3 is 6.03 Å². The lowest BCUT2D eigenvalue weighted by molar-refractivity contribution is -0.119. The molecule has 5 N–H and O–H groups in total. The zero-order valence-corrected chi connectivity index (χ0v) is 12.7. The minimum Gasteiger partial charge on any atom is -0.493 e. The van der Waals surface area contributed by atoms with Crippen molar-refractivity contribution in [1.29, 1.82) is 0 Å². The fourth-order valence-electron chi connectivity index (χ4n) is 1.27. The molecule has 108 valence electrons. The van der Waals surface area contributed by atoms with Crippen molar-refractivity contribution < 1.29 is 19.1 Å². The SMILES string of the molecule is COc1cc(C=NNC(N)=O)cc(I)c1OCC(N)=O. The molecule has 1 aromatic rings. The van der Waals surface area contributed by atoms with Crippen molar-refractivity contribution in [1.82, 2.24) is 5.43 Å². The van der Waals surface area contributed by atoms with Gasteiger partial charge in [-0.25, -0.2) is 10.2 Å². The first-order valence-corrected chi connectivity index (χ1v) is 6.39. The highest BCUT2D eigenvalue weighted by molar-refractivity contribution is 14.1. The lowest BCUT2D eigenvalue weighted by Crippen LogP contribution is -2.24. The Labute approximate surface area is 128 Å². The van der Waals surface area contributed by atoms with Crippen molar-refractivity contribution in [3.8, 4) is 11.5 Å². The van der Waals surface area contributed by atoms with Crippen LogP contribution in [0.2, 0.25) is 0 Å². The number of ether oxygens (including phenoxy) is 2. The number of hydrazone groups is 1. The van der Waals surface area contributed by atoms with Crippen molar-refractivity contribution >= 4 is 40.7 Å². The minimum atomic E-state index is -0.760. The van der Waals surface area contributed by atoms with E-state index in [1.165, 1.54) is 13.3 Å². The Morgan fingerprint density at radius 1 is 1.45 bits per heavy atom. The lowest BCUT2D eigenvalue weighted by Gasteiger charge is -2.12. The third-order valence-corrected chi connectivity index (χ3v) is 2.80. The van der Waals surface area contributed by atoms with E-state index in [0.29, 0.717) is 20.6 Å². The molecule has 20 heavy (non-hydrogen) atoms. The third kappa shape index (κ3) is 4.91. The van der Waals surface area contributed by atoms with Gasteiger partial charge in [-0.05, 0) is 40.3 Å². The standard InChI is InChI=1S/C11H13IN4O4/c1-19-8-3-6(4-15-16-11(14)18)2-7(12)10(8)20-5-9(13)17/h2-4H,5H2,1H3,(H2,13,17)(H3,14,16,18). The van der Waals surface area contributed by atoms with E-state index in [9.17, 15) is 9.59 Å². The number of nitrogens with two attached hydrogens (primary N) is 2. The summed E-state index contributed by atoms with van der Waals surface area (Å²) < 4.78 is 11.1. The molecule has 0 aromatic heterocycles. The number of halogens is 1. The van der Waals surface area contributed by atoms with Crippen molar-refractivity contribution in [2.45, 2.75) is 0 Å². The predicted octanol–water partition coefficient (Wildman–Crippen LogP) is 0.166. The van der Waals surface area contributed by atoms with Crippen LogP contribution in [0.3, 0.4) is 0 Å². The zero-order valence-electron chi connectivity index (χ0n) is 10.6. The van der Waals surface area contributed by atoms with E-state index in [1.54, 1.807) is 12.1 Å². The average Bonchev–Trinajstić information content (AvgIpc) is 2.36. The summed E-state index contributed by atoms with van der Waals surface area (Å²) in [5.41, 5.74) is 12.6. The monoisotopic (exact) mass is 392 g/mol. The number of primary amides is 2. The summed E-state index contributed by atoms with van der Waals surface area (Å²) >= 11 is 2.02. The topological polar surface area (TPSA) is 129 Å². The van der Waals surface area contributed by atoms with Crippen molar-refractivity contribution in [2.24, 2.45) is 16.6 Å². The molecule has 9 heteroatoms. The molecule has 0 atom stereocenters. The van der Waals surface area contributed by atoms with Gasteiger partial charge in [0.15, 0.2) is 18.1 Å². The molecular formula is C11H13IN4O4. The second-order valence-corrected chi connectivity index (χ2v) is 4.69. The molecule has 8 nitrogen and oxygen atoms in total. The van der Waals surface area contributed by atoms with E-state index < -0.39 is 11.9 Å². The predicted molar refractivity (Wildman–Crippen MR) is 80.7 cm³/mol. The molecule has 0 bridgehead atoms. The molecular weight excluding hydrogens is 379 g/mol. The second kappa shape index (κ2) is 7.53. The Bertz CT molecular complexity index is 547. The van der Waals surface area contributed by atoms with Gasteiger partial charge in [0.1, 0.15) is 0 Å². The summed E-state index contributed by atoms with van der Waals surface area (Å²) in [6.07, 6.45) is 1.40. The maximum absolute atomic E-state index is 10.7. The molecule has 0 saturated heterocycles. The van der Waals surface area contributed by atoms with Crippen molar-refractivity contribution in [2.75, 3.05) is 13.7 Å². The van der Waals surface area contributed by atoms with E-state index >= 15 is 0 Å². The van der Waals surface area contributed by atoms with Crippen LogP contribution in [-0.2, 0) is 4.79 Å². The largest absolute Gasteiger partial charge is 0.493 e. The van der Waals surface area contributed by atoms with Gasteiger partial charge in [-0.15, -0.1) is 0 Å². The fourth-order valence-corrected chi connectivity index (χ4v) is 2.05. The van der Waals surface area contributed by atoms with Crippen LogP contribution in [0, 0.1) is 3.57 Å². The Morgan fingerprint density at radius 3 is 2.70 bits per heavy atom. The van der Waals surface area contributed by atoms with Gasteiger partial charge in [0, 0.05) is 0 Å². The maximum atomic E-state index is 10.7. The molecule has 0 fully saturated rings. The van der Waals surface area contributed by atoms with Crippen LogP contribution in [0.5, 0.6) is 11.5 Å². The highest BCUT2D eigenvalue weighted by Gasteiger charge is 2.12. The van der Waals surface area contributed by atoms with Crippen LogP contribution in [-0.4, -0.2) is 31.9 Å². The summed E-state index contributed by atoms with van der Waals surface area (Å²) in [6.45, 7) is -0.247. The van der Waals surface area contributed by atoms with Gasteiger partial charge in [0.25, 0.3) is 5.91 Å². The summed E-state index contributed by atoms with van der Waals surface area (Å²) in [6, 6.07) is 2.60. The highest BCUT2D eigenvalue weighted by atomic mass is 127. The zero-order chi connectivity index (χ0) is 15.1. The van der Waals surface area contributed by atoms with E-state index in [-0.39, 0.29) is 6.61 Å². The Morgan fingerprint density at radius 2 is 2.15 bits per heavy atom. The van der Waals surface area contributed by atoms with Crippen LogP contribution >= 0.6 is 22.6 Å². The number of nitrogens with zero attached hydrogens (tertiary/aromatic N) is 1. The van der Waals surface area contributed by atoms with Crippen LogP contribution in [0.15, 0.2) is 17.2 Å². The number of benzene rings is 1. The van der Waals surface area contributed by atoms with Crippen molar-refractivity contribution in [3.63, 3.8) is 0 Å². The molecule has 0 aliphatic heterocycles. The number of hydrogen-bond donors (Lipinski definition) is 3. The van der Waals surface area contributed by atoms with Gasteiger partial charge < -0.3 is 20.9 Å². The molecule has 1 rings (SSSR count). The summed E-state index contributed by atoms with van der Waals surface area (Å²) in [7, 11) is 1.46. The molecule has 0 heterocycles. The summed E-state index contributed by atoms with van der Waals surface area (Å²) in [5.74, 6) is 0.240. The normalized spacial score (nSPS) is 10.3. The van der Waals surface area contributed by atoms with Crippen LogP contribution in [0.4, 0.5) is 4.79 Å². The molecule has 0 spiro atoms. The van der Waals surface area contributed by atoms with Crippen LogP contribution in [0.25, 0.3) is 0 Å². The lowest BCUT2D eigenvalue weighted by atomic mass is 10.2. The van der Waals surface area contributed by atoms with Crippen LogP contribution in [0.1, 0.15) is 5.56 Å². The van der Waals surface area contributed by atoms with Gasteiger partial charge in [-0.1, -0.05) is 0 Å². The molecule has 1 aromatic carbocycles. The molecule has 3 amide bonds. The third-order valence-electron chi connectivity index (χ3n) is 2.00. The number of rotatable bonds is 6. The second-order valence-electron chi connectivity index (χ2n) is 3.52. The first kappa shape index (κ1) is 16.0. The smallest absolute Gasteiger partial charge is 0.332 e. The number of hydrogen-bond acceptors (Lipinski definition) is 5. The van der Waals surface area contributed by atoms with Gasteiger partial charge in [-0.3, -0.25) is 4.79 Å². The molecule has 0 aliphatic rings. The van der Waals surface area contributed by atoms with Crippen molar-refractivity contribution in [3.05, 3.63) is 21.3 Å². The first-order chi connectivity index (χ1) is 9.43. The first-order valence-electron chi connectivity index (χ1n) is 5.31. The minimum absolute atomic E-state index is 0.247. The van der Waals surface area contributed by atoms with E-state index in [1.807, 2.05) is 22.6 Å². The average molecular weight is 392 g/mol. The van der Waals surface area contributed by atoms with E-state index in [2.05, 4.69) is 10.5 Å². The molecule has 0 saturated carbocycles. The van der Waals surface area contributed by atoms with Crippen LogP contribution < -0.4 is 26.4 Å². The number of nitrogens with one attached hydrogen (secondary N) is 1. The Hall–Kier alpha value is -2.04. The molecule has 0 unspecified atom stereocenters. The summed E-state index contributed by atoms with van der Waals surface area (Å²) in [4.78, 5) is 21.2. The fraction of sp³-hybridized carbons (Fsp3) is 0.182. The molecule has 0 radical (unpaired) electrons. The van der Waals surface area contributed by atoms with Gasteiger partial charge in [0.05, 0.1) is 16.9 Å². The Balaban J connectivity index is 2.97. The van der Waals surface area contributed by atoms with E-state index in [4.69, 9.17) is 20.9 Å². The van der Waals surface area contributed by atoms with Gasteiger partial charge in [0.2, 0.25) is 0 Å². The molecule has 0 aliphatic carbocycles. The number of carbonyl (C=O) groups excluding carboxylic acids is 2. The number of carbonyl (C=O) groups is 2. The Kier molecular flexibility index (Phi) is 6.03. The number of amides is 3. The summed E-state index contributed by atoms with van der Waals surface area (Å²) in [5, 5.41) is 3.64. The van der Waals surface area contributed by atoms with Gasteiger partial charge in [-0.2, -0.15) is 5.10 Å². The number of urea groups is 1. The van der Waals surface area contributed by atoms with E-state index in [0.717, 1.165) is 0 Å². The number of methoxy groups -OCH3 is 1.